The maximum atomic E-state index is 11.1. The lowest BCUT2D eigenvalue weighted by atomic mass is 10.1. The topological polar surface area (TPSA) is 85.9 Å². The Labute approximate surface area is 120 Å². The van der Waals surface area contributed by atoms with Gasteiger partial charge in [0.2, 0.25) is 0 Å². The van der Waals surface area contributed by atoms with Crippen molar-refractivity contribution in [2.24, 2.45) is 7.05 Å². The van der Waals surface area contributed by atoms with Gasteiger partial charge in [0.25, 0.3) is 5.69 Å². The molecule has 0 radical (unpaired) electrons. The third kappa shape index (κ3) is 2.53. The fourth-order valence-electron chi connectivity index (χ4n) is 2.22. The van der Waals surface area contributed by atoms with Crippen LogP contribution in [0.3, 0.4) is 0 Å². The van der Waals surface area contributed by atoms with Crippen LogP contribution in [0.15, 0.2) is 42.9 Å². The minimum Gasteiger partial charge on any atom is -0.379 e. The number of benzene rings is 1. The SMILES string of the molecule is Cn1cc(CNc2ccc([N+](=O)[O-])c3cccnc23)cn1. The van der Waals surface area contributed by atoms with Gasteiger partial charge in [0.15, 0.2) is 0 Å². The highest BCUT2D eigenvalue weighted by molar-refractivity contribution is 5.96. The number of aryl methyl sites for hydroxylation is 1. The van der Waals surface area contributed by atoms with Crippen molar-refractivity contribution >= 4 is 22.3 Å². The largest absolute Gasteiger partial charge is 0.379 e. The molecule has 1 N–H and O–H groups in total. The summed E-state index contributed by atoms with van der Waals surface area (Å²) in [7, 11) is 1.85. The van der Waals surface area contributed by atoms with Crippen LogP contribution in [-0.2, 0) is 13.6 Å². The maximum absolute atomic E-state index is 11.1. The third-order valence-electron chi connectivity index (χ3n) is 3.18. The second-order valence-electron chi connectivity index (χ2n) is 4.66. The average molecular weight is 283 g/mol. The molecule has 0 bridgehead atoms. The number of pyridine rings is 1. The number of non-ortho nitro benzene ring substituents is 1. The smallest absolute Gasteiger partial charge is 0.278 e. The van der Waals surface area contributed by atoms with Gasteiger partial charge in [-0.3, -0.25) is 19.8 Å². The third-order valence-corrected chi connectivity index (χ3v) is 3.18. The Morgan fingerprint density at radius 3 is 2.95 bits per heavy atom. The molecule has 0 aliphatic carbocycles. The number of aromatic nitrogens is 3. The summed E-state index contributed by atoms with van der Waals surface area (Å²) in [5.74, 6) is 0. The number of hydrogen-bond donors (Lipinski definition) is 1. The van der Waals surface area contributed by atoms with Crippen molar-refractivity contribution in [1.29, 1.82) is 0 Å². The zero-order valence-electron chi connectivity index (χ0n) is 11.4. The van der Waals surface area contributed by atoms with Gasteiger partial charge < -0.3 is 5.32 Å². The second kappa shape index (κ2) is 5.20. The van der Waals surface area contributed by atoms with Crippen LogP contribution in [0.2, 0.25) is 0 Å². The first-order valence-corrected chi connectivity index (χ1v) is 6.38. The molecule has 3 rings (SSSR count). The van der Waals surface area contributed by atoms with E-state index in [1.54, 1.807) is 35.3 Å². The lowest BCUT2D eigenvalue weighted by molar-refractivity contribution is -0.383. The van der Waals surface area contributed by atoms with Crippen LogP contribution in [0.4, 0.5) is 11.4 Å². The Morgan fingerprint density at radius 1 is 1.38 bits per heavy atom. The van der Waals surface area contributed by atoms with Gasteiger partial charge in [0, 0.05) is 37.6 Å². The van der Waals surface area contributed by atoms with Gasteiger partial charge in [-0.25, -0.2) is 0 Å². The molecule has 7 nitrogen and oxygen atoms in total. The van der Waals surface area contributed by atoms with Crippen molar-refractivity contribution in [2.45, 2.75) is 6.54 Å². The van der Waals surface area contributed by atoms with Crippen LogP contribution in [-0.4, -0.2) is 19.7 Å². The normalized spacial score (nSPS) is 10.7. The molecule has 7 heteroatoms. The number of hydrogen-bond acceptors (Lipinski definition) is 5. The van der Waals surface area contributed by atoms with Crippen LogP contribution in [0.5, 0.6) is 0 Å². The molecular weight excluding hydrogens is 270 g/mol. The van der Waals surface area contributed by atoms with Crippen molar-refractivity contribution in [3.8, 4) is 0 Å². The molecule has 0 saturated carbocycles. The summed E-state index contributed by atoms with van der Waals surface area (Å²) in [4.78, 5) is 14.9. The van der Waals surface area contributed by atoms with Gasteiger partial charge in [0.05, 0.1) is 22.2 Å². The molecule has 2 heterocycles. The van der Waals surface area contributed by atoms with E-state index in [4.69, 9.17) is 0 Å². The van der Waals surface area contributed by atoms with Crippen LogP contribution in [0, 0.1) is 10.1 Å². The molecule has 0 aliphatic rings. The Balaban J connectivity index is 1.96. The van der Waals surface area contributed by atoms with Gasteiger partial charge in [-0.2, -0.15) is 5.10 Å². The Kier molecular flexibility index (Phi) is 3.23. The first-order chi connectivity index (χ1) is 10.1. The molecule has 0 saturated heterocycles. The molecular formula is C14H13N5O2. The summed E-state index contributed by atoms with van der Waals surface area (Å²) in [6, 6.07) is 6.58. The maximum Gasteiger partial charge on any atom is 0.278 e. The Bertz CT molecular complexity index is 812. The Morgan fingerprint density at radius 2 is 2.24 bits per heavy atom. The van der Waals surface area contributed by atoms with E-state index in [1.807, 2.05) is 13.2 Å². The minimum absolute atomic E-state index is 0.0602. The number of anilines is 1. The summed E-state index contributed by atoms with van der Waals surface area (Å²) >= 11 is 0. The molecule has 3 aromatic rings. The van der Waals surface area contributed by atoms with Gasteiger partial charge in [-0.1, -0.05) is 0 Å². The van der Waals surface area contributed by atoms with Crippen molar-refractivity contribution in [1.82, 2.24) is 14.8 Å². The van der Waals surface area contributed by atoms with Crippen molar-refractivity contribution < 1.29 is 4.92 Å². The monoisotopic (exact) mass is 283 g/mol. The predicted octanol–water partition coefficient (Wildman–Crippen LogP) is 2.49. The molecule has 0 aliphatic heterocycles. The van der Waals surface area contributed by atoms with E-state index in [0.717, 1.165) is 11.3 Å². The summed E-state index contributed by atoms with van der Waals surface area (Å²) in [5.41, 5.74) is 2.45. The summed E-state index contributed by atoms with van der Waals surface area (Å²) < 4.78 is 1.73. The summed E-state index contributed by atoms with van der Waals surface area (Å²) in [6.07, 6.45) is 5.31. The van der Waals surface area contributed by atoms with Crippen LogP contribution in [0.25, 0.3) is 10.9 Å². The molecule has 21 heavy (non-hydrogen) atoms. The highest BCUT2D eigenvalue weighted by atomic mass is 16.6. The molecule has 1 aromatic carbocycles. The molecule has 0 fully saturated rings. The van der Waals surface area contributed by atoms with E-state index in [9.17, 15) is 10.1 Å². The number of nitrogens with zero attached hydrogens (tertiary/aromatic N) is 4. The molecule has 0 unspecified atom stereocenters. The van der Waals surface area contributed by atoms with Gasteiger partial charge in [-0.05, 0) is 18.2 Å². The van der Waals surface area contributed by atoms with Crippen molar-refractivity contribution in [2.75, 3.05) is 5.32 Å². The van der Waals surface area contributed by atoms with Gasteiger partial charge in [-0.15, -0.1) is 0 Å². The molecule has 0 atom stereocenters. The highest BCUT2D eigenvalue weighted by Gasteiger charge is 2.14. The number of rotatable bonds is 4. The van der Waals surface area contributed by atoms with E-state index in [1.165, 1.54) is 6.07 Å². The number of nitrogens with one attached hydrogen (secondary N) is 1. The lowest BCUT2D eigenvalue weighted by Crippen LogP contribution is -2.01. The van der Waals surface area contributed by atoms with E-state index in [2.05, 4.69) is 15.4 Å². The first kappa shape index (κ1) is 13.0. The van der Waals surface area contributed by atoms with E-state index in [-0.39, 0.29) is 5.69 Å². The highest BCUT2D eigenvalue weighted by Crippen LogP contribution is 2.29. The molecule has 0 spiro atoms. The summed E-state index contributed by atoms with van der Waals surface area (Å²) in [6.45, 7) is 0.581. The van der Waals surface area contributed by atoms with E-state index >= 15 is 0 Å². The minimum atomic E-state index is -0.394. The van der Waals surface area contributed by atoms with E-state index < -0.39 is 4.92 Å². The lowest BCUT2D eigenvalue weighted by Gasteiger charge is -2.08. The number of nitro benzene ring substituents is 1. The second-order valence-corrected chi connectivity index (χ2v) is 4.66. The zero-order valence-corrected chi connectivity index (χ0v) is 11.4. The fourth-order valence-corrected chi connectivity index (χ4v) is 2.22. The summed E-state index contributed by atoms with van der Waals surface area (Å²) in [5, 5.41) is 18.9. The fraction of sp³-hybridized carbons (Fsp3) is 0.143. The standard InChI is InChI=1S/C14H13N5O2/c1-18-9-10(8-17-18)7-16-12-4-5-13(19(20)21)11-3-2-6-15-14(11)12/h2-6,8-9,16H,7H2,1H3. The molecule has 0 amide bonds. The van der Waals surface area contributed by atoms with Crippen LogP contribution < -0.4 is 5.32 Å². The van der Waals surface area contributed by atoms with Crippen LogP contribution >= 0.6 is 0 Å². The van der Waals surface area contributed by atoms with Crippen molar-refractivity contribution in [3.63, 3.8) is 0 Å². The first-order valence-electron chi connectivity index (χ1n) is 6.38. The van der Waals surface area contributed by atoms with E-state index in [0.29, 0.717) is 17.4 Å². The molecule has 106 valence electrons. The molecule has 2 aromatic heterocycles. The quantitative estimate of drug-likeness (QED) is 0.587. The Hall–Kier alpha value is -2.96. The number of fused-ring (bicyclic) bond motifs is 1. The van der Waals surface area contributed by atoms with Gasteiger partial charge in [0.1, 0.15) is 5.52 Å². The number of nitro groups is 1. The van der Waals surface area contributed by atoms with Crippen molar-refractivity contribution in [3.05, 3.63) is 58.5 Å². The predicted molar refractivity (Wildman–Crippen MR) is 78.9 cm³/mol. The zero-order chi connectivity index (χ0) is 14.8. The van der Waals surface area contributed by atoms with Gasteiger partial charge >= 0.3 is 0 Å². The average Bonchev–Trinajstić information content (AvgIpc) is 2.90. The van der Waals surface area contributed by atoms with Crippen LogP contribution in [0.1, 0.15) is 5.56 Å².